The van der Waals surface area contributed by atoms with Crippen LogP contribution in [0.1, 0.15) is 5.56 Å². The number of aliphatic hydroxyl groups is 1. The molecule has 0 saturated carbocycles. The Kier molecular flexibility index (Phi) is 4.08. The van der Waals surface area contributed by atoms with Gasteiger partial charge in [0.1, 0.15) is 5.70 Å². The number of nitrogens with zero attached hydrogens (tertiary/aromatic N) is 1. The third-order valence-corrected chi connectivity index (χ3v) is 3.65. The number of benzene rings is 1. The van der Waals surface area contributed by atoms with Gasteiger partial charge in [0.25, 0.3) is 11.8 Å². The predicted molar refractivity (Wildman–Crippen MR) is 82.1 cm³/mol. The number of aliphatic hydroxyl groups excluding tert-OH is 1. The minimum absolute atomic E-state index is 0.0113. The Labute approximate surface area is 128 Å². The maximum atomic E-state index is 12.1. The van der Waals surface area contributed by atoms with Crippen molar-refractivity contribution >= 4 is 23.2 Å². The molecule has 22 heavy (non-hydrogen) atoms. The second-order valence-electron chi connectivity index (χ2n) is 5.18. The van der Waals surface area contributed by atoms with Crippen LogP contribution in [0.25, 0.3) is 0 Å². The van der Waals surface area contributed by atoms with Crippen molar-refractivity contribution < 1.29 is 14.7 Å². The highest BCUT2D eigenvalue weighted by molar-refractivity contribution is 6.17. The first-order chi connectivity index (χ1) is 10.7. The lowest BCUT2D eigenvalue weighted by molar-refractivity contribution is -0.137. The summed E-state index contributed by atoms with van der Waals surface area (Å²) in [6.07, 6.45) is 1.26. The first-order valence-corrected chi connectivity index (χ1v) is 7.22. The molecule has 0 aliphatic carbocycles. The average molecular weight is 302 g/mol. The summed E-state index contributed by atoms with van der Waals surface area (Å²) < 4.78 is 0. The summed E-state index contributed by atoms with van der Waals surface area (Å²) in [5.41, 5.74) is 3.16. The molecule has 0 spiro atoms. The number of hydrogen-bond donors (Lipinski definition) is 4. The zero-order chi connectivity index (χ0) is 15.5. The molecular weight excluding hydrogens is 284 g/mol. The van der Waals surface area contributed by atoms with E-state index in [4.69, 9.17) is 5.11 Å². The van der Waals surface area contributed by atoms with E-state index in [1.807, 2.05) is 18.2 Å². The van der Waals surface area contributed by atoms with Crippen LogP contribution in [-0.2, 0) is 16.1 Å². The van der Waals surface area contributed by atoms with E-state index in [0.717, 1.165) is 41.5 Å². The molecule has 3 rings (SSSR count). The van der Waals surface area contributed by atoms with E-state index in [0.29, 0.717) is 0 Å². The van der Waals surface area contributed by atoms with Crippen molar-refractivity contribution in [1.82, 2.24) is 10.2 Å². The first kappa shape index (κ1) is 14.6. The summed E-state index contributed by atoms with van der Waals surface area (Å²) >= 11 is 0. The van der Waals surface area contributed by atoms with Gasteiger partial charge in [0.05, 0.1) is 13.2 Å². The maximum Gasteiger partial charge on any atom is 0.277 e. The van der Waals surface area contributed by atoms with Gasteiger partial charge in [0.15, 0.2) is 0 Å². The second-order valence-corrected chi connectivity index (χ2v) is 5.18. The summed E-state index contributed by atoms with van der Waals surface area (Å²) in [4.78, 5) is 24.8. The van der Waals surface area contributed by atoms with Crippen molar-refractivity contribution in [2.45, 2.75) is 6.54 Å². The van der Waals surface area contributed by atoms with Crippen LogP contribution in [0, 0.1) is 0 Å². The normalized spacial score (nSPS) is 17.7. The monoisotopic (exact) mass is 302 g/mol. The molecule has 2 aliphatic heterocycles. The minimum Gasteiger partial charge on any atom is -0.395 e. The van der Waals surface area contributed by atoms with E-state index in [1.54, 1.807) is 0 Å². The molecule has 0 aromatic heterocycles. The molecule has 1 aromatic carbocycles. The van der Waals surface area contributed by atoms with E-state index in [-0.39, 0.29) is 18.8 Å². The van der Waals surface area contributed by atoms with Gasteiger partial charge in [-0.1, -0.05) is 0 Å². The Bertz CT molecular complexity index is 642. The van der Waals surface area contributed by atoms with Gasteiger partial charge in [-0.2, -0.15) is 0 Å². The molecule has 1 aromatic rings. The second kappa shape index (κ2) is 6.17. The molecule has 0 fully saturated rings. The van der Waals surface area contributed by atoms with Gasteiger partial charge in [0.2, 0.25) is 0 Å². The quantitative estimate of drug-likeness (QED) is 0.578. The standard InChI is InChI=1S/C15H18N4O3/c20-6-5-19-14(21)8-13(15(19)22)18-11-1-2-12-10(7-11)9-16-3-4-17-12/h1-2,7-8,16-18,20H,3-6,9H2. The maximum absolute atomic E-state index is 12.1. The Balaban J connectivity index is 1.76. The largest absolute Gasteiger partial charge is 0.395 e. The van der Waals surface area contributed by atoms with Crippen LogP contribution in [0.5, 0.6) is 0 Å². The van der Waals surface area contributed by atoms with E-state index < -0.39 is 11.8 Å². The molecule has 2 aliphatic rings. The zero-order valence-electron chi connectivity index (χ0n) is 12.1. The summed E-state index contributed by atoms with van der Waals surface area (Å²) in [5.74, 6) is -0.815. The van der Waals surface area contributed by atoms with Crippen LogP contribution < -0.4 is 16.0 Å². The van der Waals surface area contributed by atoms with Crippen molar-refractivity contribution in [2.24, 2.45) is 0 Å². The minimum atomic E-state index is -0.412. The number of rotatable bonds is 4. The van der Waals surface area contributed by atoms with E-state index >= 15 is 0 Å². The molecule has 0 radical (unpaired) electrons. The molecule has 116 valence electrons. The molecule has 0 unspecified atom stereocenters. The lowest BCUT2D eigenvalue weighted by atomic mass is 10.1. The number of amides is 2. The molecule has 7 nitrogen and oxygen atoms in total. The van der Waals surface area contributed by atoms with Gasteiger partial charge >= 0.3 is 0 Å². The highest BCUT2D eigenvalue weighted by Crippen LogP contribution is 2.24. The Morgan fingerprint density at radius 1 is 1.27 bits per heavy atom. The number of imide groups is 1. The molecule has 0 bridgehead atoms. The zero-order valence-corrected chi connectivity index (χ0v) is 12.1. The van der Waals surface area contributed by atoms with Gasteiger partial charge in [-0.3, -0.25) is 14.5 Å². The van der Waals surface area contributed by atoms with Gasteiger partial charge in [0, 0.05) is 37.1 Å². The number of hydrogen-bond acceptors (Lipinski definition) is 6. The SMILES string of the molecule is O=C1C=C(Nc2ccc3c(c2)CNCCN3)C(=O)N1CCO. The van der Waals surface area contributed by atoms with Crippen molar-refractivity contribution in [3.05, 3.63) is 35.5 Å². The Morgan fingerprint density at radius 3 is 2.95 bits per heavy atom. The van der Waals surface area contributed by atoms with Crippen LogP contribution in [0.15, 0.2) is 30.0 Å². The Morgan fingerprint density at radius 2 is 2.14 bits per heavy atom. The fourth-order valence-corrected chi connectivity index (χ4v) is 2.56. The van der Waals surface area contributed by atoms with Crippen molar-refractivity contribution in [3.63, 3.8) is 0 Å². The summed E-state index contributed by atoms with van der Waals surface area (Å²) in [7, 11) is 0. The van der Waals surface area contributed by atoms with Crippen LogP contribution in [0.3, 0.4) is 0 Å². The lowest BCUT2D eigenvalue weighted by Gasteiger charge is -2.14. The number of nitrogens with one attached hydrogen (secondary N) is 3. The summed E-state index contributed by atoms with van der Waals surface area (Å²) in [6, 6.07) is 5.77. The molecule has 7 heteroatoms. The Hall–Kier alpha value is -2.38. The predicted octanol–water partition coefficient (Wildman–Crippen LogP) is -0.141. The van der Waals surface area contributed by atoms with Gasteiger partial charge in [-0.25, -0.2) is 0 Å². The third-order valence-electron chi connectivity index (χ3n) is 3.65. The smallest absolute Gasteiger partial charge is 0.277 e. The van der Waals surface area contributed by atoms with E-state index in [2.05, 4.69) is 16.0 Å². The third kappa shape index (κ3) is 2.81. The van der Waals surface area contributed by atoms with Crippen LogP contribution in [-0.4, -0.2) is 48.1 Å². The molecule has 2 amide bonds. The van der Waals surface area contributed by atoms with Crippen molar-refractivity contribution in [1.29, 1.82) is 0 Å². The molecule has 0 saturated heterocycles. The molecule has 2 heterocycles. The number of carbonyl (C=O) groups is 2. The number of β-amino-alcohol motifs (C(OH)–C–C–N with tert-alkyl or cyclic N) is 1. The highest BCUT2D eigenvalue weighted by Gasteiger charge is 2.30. The van der Waals surface area contributed by atoms with Crippen molar-refractivity contribution in [2.75, 3.05) is 36.9 Å². The van der Waals surface area contributed by atoms with Crippen LogP contribution >= 0.6 is 0 Å². The number of fused-ring (bicyclic) bond motifs is 1. The van der Waals surface area contributed by atoms with E-state index in [1.165, 1.54) is 6.08 Å². The van der Waals surface area contributed by atoms with Gasteiger partial charge in [-0.15, -0.1) is 0 Å². The molecule has 0 atom stereocenters. The summed E-state index contributed by atoms with van der Waals surface area (Å²) in [6.45, 7) is 2.28. The molecule has 4 N–H and O–H groups in total. The average Bonchev–Trinajstić information content (AvgIpc) is 2.71. The first-order valence-electron chi connectivity index (χ1n) is 7.22. The fraction of sp³-hybridized carbons (Fsp3) is 0.333. The van der Waals surface area contributed by atoms with Crippen molar-refractivity contribution in [3.8, 4) is 0 Å². The topological polar surface area (TPSA) is 93.7 Å². The number of anilines is 2. The summed E-state index contributed by atoms with van der Waals surface area (Å²) in [5, 5.41) is 18.5. The number of carbonyl (C=O) groups excluding carboxylic acids is 2. The van der Waals surface area contributed by atoms with E-state index in [9.17, 15) is 9.59 Å². The van der Waals surface area contributed by atoms with Gasteiger partial charge < -0.3 is 21.1 Å². The van der Waals surface area contributed by atoms with Gasteiger partial charge in [-0.05, 0) is 23.8 Å². The van der Waals surface area contributed by atoms with Crippen LogP contribution in [0.4, 0.5) is 11.4 Å². The lowest BCUT2D eigenvalue weighted by Crippen LogP contribution is -2.34. The van der Waals surface area contributed by atoms with Crippen LogP contribution in [0.2, 0.25) is 0 Å². The highest BCUT2D eigenvalue weighted by atomic mass is 16.3. The fourth-order valence-electron chi connectivity index (χ4n) is 2.56. The molecular formula is C15H18N4O3.